The van der Waals surface area contributed by atoms with Gasteiger partial charge in [-0.25, -0.2) is 4.98 Å². The molecule has 3 aromatic rings. The van der Waals surface area contributed by atoms with Gasteiger partial charge in [0.15, 0.2) is 0 Å². The summed E-state index contributed by atoms with van der Waals surface area (Å²) in [6, 6.07) is 19.8. The summed E-state index contributed by atoms with van der Waals surface area (Å²) in [5.41, 5.74) is 3.76. The zero-order valence-electron chi connectivity index (χ0n) is 16.1. The molecule has 1 amide bonds. The highest BCUT2D eigenvalue weighted by molar-refractivity contribution is 6.04. The molecule has 0 spiro atoms. The fraction of sp³-hybridized carbons (Fsp3) is 0.217. The Kier molecular flexibility index (Phi) is 4.98. The molecule has 1 aliphatic rings. The second kappa shape index (κ2) is 7.72. The highest BCUT2D eigenvalue weighted by Gasteiger charge is 2.27. The van der Waals surface area contributed by atoms with Crippen LogP contribution >= 0.6 is 0 Å². The summed E-state index contributed by atoms with van der Waals surface area (Å²) >= 11 is 0. The number of nitrogens with zero attached hydrogens (tertiary/aromatic N) is 2. The first-order chi connectivity index (χ1) is 13.7. The monoisotopic (exact) mass is 373 g/mol. The van der Waals surface area contributed by atoms with E-state index >= 15 is 0 Å². The number of nitrogens with one attached hydrogen (secondary N) is 1. The number of pyridine rings is 1. The quantitative estimate of drug-likeness (QED) is 0.697. The van der Waals surface area contributed by atoms with Gasteiger partial charge in [-0.1, -0.05) is 18.2 Å². The summed E-state index contributed by atoms with van der Waals surface area (Å²) in [6.45, 7) is 4.74. The van der Waals surface area contributed by atoms with Gasteiger partial charge < -0.3 is 15.0 Å². The van der Waals surface area contributed by atoms with E-state index in [1.807, 2.05) is 49.4 Å². The van der Waals surface area contributed by atoms with Crippen molar-refractivity contribution < 1.29 is 9.53 Å². The molecule has 4 rings (SSSR count). The van der Waals surface area contributed by atoms with Crippen LogP contribution in [-0.2, 0) is 6.42 Å². The van der Waals surface area contributed by atoms with E-state index in [4.69, 9.17) is 4.74 Å². The van der Waals surface area contributed by atoms with Gasteiger partial charge in [-0.3, -0.25) is 4.79 Å². The number of hydrogen-bond donors (Lipinski definition) is 1. The van der Waals surface area contributed by atoms with E-state index < -0.39 is 0 Å². The molecule has 5 heteroatoms. The summed E-state index contributed by atoms with van der Waals surface area (Å²) in [5, 5.41) is 2.89. The van der Waals surface area contributed by atoms with Crippen molar-refractivity contribution in [1.82, 2.24) is 4.98 Å². The number of hydrogen-bond acceptors (Lipinski definition) is 4. The Bertz CT molecular complexity index is 968. The van der Waals surface area contributed by atoms with Crippen LogP contribution in [0, 0.1) is 0 Å². The van der Waals surface area contributed by atoms with Gasteiger partial charge in [0.2, 0.25) is 0 Å². The SMILES string of the molecule is CCOc1ccc(NC(=O)c2ccc(N3c4ccccc4CC3C)nc2)cc1. The summed E-state index contributed by atoms with van der Waals surface area (Å²) in [6.07, 6.45) is 2.63. The van der Waals surface area contributed by atoms with Crippen LogP contribution in [-0.4, -0.2) is 23.5 Å². The summed E-state index contributed by atoms with van der Waals surface area (Å²) in [4.78, 5) is 19.3. The first-order valence-electron chi connectivity index (χ1n) is 9.53. The van der Waals surface area contributed by atoms with E-state index in [0.717, 1.165) is 23.7 Å². The highest BCUT2D eigenvalue weighted by atomic mass is 16.5. The number of carbonyl (C=O) groups excluding carboxylic acids is 1. The van der Waals surface area contributed by atoms with Crippen molar-refractivity contribution in [2.75, 3.05) is 16.8 Å². The van der Waals surface area contributed by atoms with E-state index in [1.165, 1.54) is 11.3 Å². The Balaban J connectivity index is 1.48. The second-order valence-corrected chi connectivity index (χ2v) is 6.87. The third-order valence-corrected chi connectivity index (χ3v) is 4.89. The average Bonchev–Trinajstić information content (AvgIpc) is 3.05. The predicted octanol–water partition coefficient (Wildman–Crippen LogP) is 4.82. The lowest BCUT2D eigenvalue weighted by Gasteiger charge is -2.23. The molecule has 0 bridgehead atoms. The number of ether oxygens (including phenoxy) is 1. The lowest BCUT2D eigenvalue weighted by Crippen LogP contribution is -2.25. The third kappa shape index (κ3) is 3.56. The number of rotatable bonds is 5. The van der Waals surface area contributed by atoms with Crippen molar-refractivity contribution in [1.29, 1.82) is 0 Å². The van der Waals surface area contributed by atoms with Gasteiger partial charge in [-0.05, 0) is 68.3 Å². The molecule has 2 aromatic carbocycles. The Hall–Kier alpha value is -3.34. The van der Waals surface area contributed by atoms with E-state index in [1.54, 1.807) is 6.20 Å². The minimum Gasteiger partial charge on any atom is -0.494 e. The molecule has 28 heavy (non-hydrogen) atoms. The Morgan fingerprint density at radius 1 is 1.14 bits per heavy atom. The number of carbonyl (C=O) groups is 1. The van der Waals surface area contributed by atoms with Crippen LogP contribution in [0.15, 0.2) is 66.9 Å². The number of fused-ring (bicyclic) bond motifs is 1. The van der Waals surface area contributed by atoms with Crippen molar-refractivity contribution in [2.45, 2.75) is 26.3 Å². The highest BCUT2D eigenvalue weighted by Crippen LogP contribution is 2.37. The molecular weight excluding hydrogens is 350 g/mol. The number of aromatic nitrogens is 1. The molecule has 1 aromatic heterocycles. The fourth-order valence-corrected chi connectivity index (χ4v) is 3.58. The maximum Gasteiger partial charge on any atom is 0.257 e. The molecule has 1 aliphatic heterocycles. The zero-order valence-corrected chi connectivity index (χ0v) is 16.1. The molecule has 0 radical (unpaired) electrons. The summed E-state index contributed by atoms with van der Waals surface area (Å²) < 4.78 is 5.42. The third-order valence-electron chi connectivity index (χ3n) is 4.89. The number of benzene rings is 2. The minimum absolute atomic E-state index is 0.182. The maximum absolute atomic E-state index is 12.5. The molecule has 1 unspecified atom stereocenters. The van der Waals surface area contributed by atoms with Gasteiger partial charge >= 0.3 is 0 Å². The molecule has 2 heterocycles. The molecule has 5 nitrogen and oxygen atoms in total. The van der Waals surface area contributed by atoms with Crippen LogP contribution in [0.5, 0.6) is 5.75 Å². The fourth-order valence-electron chi connectivity index (χ4n) is 3.58. The first kappa shape index (κ1) is 18.0. The van der Waals surface area contributed by atoms with Gasteiger partial charge in [0.1, 0.15) is 11.6 Å². The van der Waals surface area contributed by atoms with E-state index in [9.17, 15) is 4.79 Å². The topological polar surface area (TPSA) is 54.5 Å². The van der Waals surface area contributed by atoms with E-state index in [-0.39, 0.29) is 5.91 Å². The van der Waals surface area contributed by atoms with Crippen LogP contribution in [0.1, 0.15) is 29.8 Å². The van der Waals surface area contributed by atoms with Crippen LogP contribution in [0.25, 0.3) is 0 Å². The van der Waals surface area contributed by atoms with E-state index in [0.29, 0.717) is 18.2 Å². The summed E-state index contributed by atoms with van der Waals surface area (Å²) in [5.74, 6) is 1.46. The molecular formula is C23H23N3O2. The lowest BCUT2D eigenvalue weighted by molar-refractivity contribution is 0.102. The van der Waals surface area contributed by atoms with Gasteiger partial charge in [-0.15, -0.1) is 0 Å². The average molecular weight is 373 g/mol. The van der Waals surface area contributed by atoms with Gasteiger partial charge in [0, 0.05) is 23.6 Å². The normalized spacial score (nSPS) is 15.2. The van der Waals surface area contributed by atoms with Crippen molar-refractivity contribution in [2.24, 2.45) is 0 Å². The molecule has 0 saturated heterocycles. The van der Waals surface area contributed by atoms with Crippen molar-refractivity contribution in [3.63, 3.8) is 0 Å². The van der Waals surface area contributed by atoms with Gasteiger partial charge in [0.05, 0.1) is 12.2 Å². The number of amides is 1. The molecule has 0 aliphatic carbocycles. The van der Waals surface area contributed by atoms with Gasteiger partial charge in [-0.2, -0.15) is 0 Å². The first-order valence-corrected chi connectivity index (χ1v) is 9.53. The van der Waals surface area contributed by atoms with Crippen LogP contribution in [0.4, 0.5) is 17.2 Å². The lowest BCUT2D eigenvalue weighted by atomic mass is 10.1. The molecule has 0 saturated carbocycles. The molecule has 142 valence electrons. The van der Waals surface area contributed by atoms with Gasteiger partial charge in [0.25, 0.3) is 5.91 Å². The number of para-hydroxylation sites is 1. The standard InChI is InChI=1S/C23H23N3O2/c1-3-28-20-11-9-19(10-12-20)25-23(27)18-8-13-22(24-15-18)26-16(2)14-17-6-4-5-7-21(17)26/h4-13,15-16H,3,14H2,1-2H3,(H,25,27). The van der Waals surface area contributed by atoms with Crippen LogP contribution in [0.2, 0.25) is 0 Å². The summed E-state index contributed by atoms with van der Waals surface area (Å²) in [7, 11) is 0. The number of anilines is 3. The Morgan fingerprint density at radius 2 is 1.93 bits per heavy atom. The van der Waals surface area contributed by atoms with Crippen molar-refractivity contribution in [3.05, 3.63) is 78.0 Å². The van der Waals surface area contributed by atoms with Crippen molar-refractivity contribution >= 4 is 23.1 Å². The maximum atomic E-state index is 12.5. The Morgan fingerprint density at radius 3 is 2.64 bits per heavy atom. The Labute approximate surface area is 165 Å². The second-order valence-electron chi connectivity index (χ2n) is 6.87. The molecule has 1 N–H and O–H groups in total. The molecule has 0 fully saturated rings. The predicted molar refractivity (Wildman–Crippen MR) is 112 cm³/mol. The minimum atomic E-state index is -0.182. The zero-order chi connectivity index (χ0) is 19.5. The van der Waals surface area contributed by atoms with Crippen LogP contribution < -0.4 is 15.0 Å². The smallest absolute Gasteiger partial charge is 0.257 e. The molecule has 1 atom stereocenters. The van der Waals surface area contributed by atoms with Crippen LogP contribution in [0.3, 0.4) is 0 Å². The van der Waals surface area contributed by atoms with Crippen molar-refractivity contribution in [3.8, 4) is 5.75 Å². The van der Waals surface area contributed by atoms with E-state index in [2.05, 4.69) is 40.3 Å². The largest absolute Gasteiger partial charge is 0.494 e.